The second-order valence-electron chi connectivity index (χ2n) is 7.24. The number of hydrogen-bond donors (Lipinski definition) is 0. The molecule has 4 heteroatoms. The van der Waals surface area contributed by atoms with E-state index in [1.54, 1.807) is 0 Å². The fourth-order valence-corrected chi connectivity index (χ4v) is 4.00. The first-order chi connectivity index (χ1) is 11.0. The van der Waals surface area contributed by atoms with Crippen molar-refractivity contribution in [1.82, 2.24) is 0 Å². The van der Waals surface area contributed by atoms with E-state index in [4.69, 9.17) is 11.6 Å². The second kappa shape index (κ2) is 14.3. The molecule has 1 nitrogen and oxygen atoms in total. The van der Waals surface area contributed by atoms with Gasteiger partial charge in [0.05, 0.1) is 20.6 Å². The Morgan fingerprint density at radius 3 is 2.00 bits per heavy atom. The summed E-state index contributed by atoms with van der Waals surface area (Å²) in [5, 5.41) is 0.824. The van der Waals surface area contributed by atoms with Gasteiger partial charge in [-0.25, -0.2) is 0 Å². The summed E-state index contributed by atoms with van der Waals surface area (Å²) in [6, 6.07) is 8.23. The fraction of sp³-hybridized carbons (Fsp3) is 0.700. The van der Waals surface area contributed by atoms with Crippen molar-refractivity contribution in [2.75, 3.05) is 26.5 Å². The summed E-state index contributed by atoms with van der Waals surface area (Å²) in [4.78, 5) is 0. The highest BCUT2D eigenvalue weighted by molar-refractivity contribution is 7.98. The molecule has 0 saturated carbocycles. The molecule has 1 aromatic carbocycles. The van der Waals surface area contributed by atoms with Crippen LogP contribution in [0.2, 0.25) is 5.02 Å². The van der Waals surface area contributed by atoms with Crippen LogP contribution in [0, 0.1) is 0 Å². The predicted molar refractivity (Wildman–Crippen MR) is 107 cm³/mol. The summed E-state index contributed by atoms with van der Waals surface area (Å²) >= 11 is 7.95. The number of rotatable bonds is 13. The monoisotopic (exact) mass is 391 g/mol. The Kier molecular flexibility index (Phi) is 14.4. The number of quaternary nitrogens is 1. The maximum absolute atomic E-state index is 5.93. The van der Waals surface area contributed by atoms with Gasteiger partial charge in [0, 0.05) is 10.8 Å². The Hall–Kier alpha value is 0.110. The quantitative estimate of drug-likeness (QED) is 0.280. The van der Waals surface area contributed by atoms with Crippen LogP contribution in [-0.2, 0) is 5.75 Å². The van der Waals surface area contributed by atoms with Crippen LogP contribution in [0.25, 0.3) is 0 Å². The van der Waals surface area contributed by atoms with Crippen molar-refractivity contribution in [1.29, 1.82) is 0 Å². The van der Waals surface area contributed by atoms with Crippen molar-refractivity contribution in [3.63, 3.8) is 0 Å². The van der Waals surface area contributed by atoms with Crippen LogP contribution < -0.4 is 12.4 Å². The zero-order chi connectivity index (χ0) is 17.0. The lowest BCUT2D eigenvalue weighted by Gasteiger charge is -2.29. The standard InChI is InChI=1S/C20H35ClNS.ClH/c1-4-5-6-7-8-9-10-11-16-22(2,3)18-23-17-19-12-14-20(21)15-13-19;/h12-15H,4-11,16-18H2,1-3H3;1H/q+1;/p-1. The van der Waals surface area contributed by atoms with Gasteiger partial charge in [0.1, 0.15) is 5.88 Å². The highest BCUT2D eigenvalue weighted by atomic mass is 35.5. The Morgan fingerprint density at radius 2 is 1.42 bits per heavy atom. The van der Waals surface area contributed by atoms with Gasteiger partial charge >= 0.3 is 0 Å². The van der Waals surface area contributed by atoms with E-state index in [0.717, 1.165) is 15.3 Å². The fourth-order valence-electron chi connectivity index (χ4n) is 2.73. The zero-order valence-corrected chi connectivity index (χ0v) is 18.0. The van der Waals surface area contributed by atoms with Gasteiger partial charge in [-0.05, 0) is 30.5 Å². The lowest BCUT2D eigenvalue weighted by molar-refractivity contribution is -0.877. The van der Waals surface area contributed by atoms with Crippen LogP contribution >= 0.6 is 23.4 Å². The predicted octanol–water partition coefficient (Wildman–Crippen LogP) is 3.75. The average Bonchev–Trinajstić information content (AvgIpc) is 2.52. The van der Waals surface area contributed by atoms with Crippen LogP contribution in [0.1, 0.15) is 63.9 Å². The van der Waals surface area contributed by atoms with Crippen LogP contribution in [0.4, 0.5) is 0 Å². The van der Waals surface area contributed by atoms with E-state index in [1.807, 2.05) is 23.9 Å². The van der Waals surface area contributed by atoms with Gasteiger partial charge < -0.3 is 16.9 Å². The third kappa shape index (κ3) is 12.5. The molecule has 140 valence electrons. The van der Waals surface area contributed by atoms with E-state index < -0.39 is 0 Å². The molecule has 0 aliphatic heterocycles. The Morgan fingerprint density at radius 1 is 0.875 bits per heavy atom. The lowest BCUT2D eigenvalue weighted by atomic mass is 10.1. The molecule has 0 spiro atoms. The number of halogens is 2. The average molecular weight is 392 g/mol. The Balaban J connectivity index is 0.00000529. The van der Waals surface area contributed by atoms with Crippen LogP contribution in [-0.4, -0.2) is 31.0 Å². The molecule has 0 atom stereocenters. The smallest absolute Gasteiger partial charge is 0.125 e. The minimum atomic E-state index is 0. The molecule has 24 heavy (non-hydrogen) atoms. The van der Waals surface area contributed by atoms with Crippen molar-refractivity contribution in [2.24, 2.45) is 0 Å². The number of thioether (sulfide) groups is 1. The molecule has 0 aliphatic carbocycles. The highest BCUT2D eigenvalue weighted by Crippen LogP contribution is 2.19. The molecule has 0 amide bonds. The van der Waals surface area contributed by atoms with E-state index >= 15 is 0 Å². The molecule has 0 unspecified atom stereocenters. The molecular weight excluding hydrogens is 357 g/mol. The molecule has 0 radical (unpaired) electrons. The normalized spacial score (nSPS) is 11.3. The molecule has 0 saturated heterocycles. The molecule has 0 aliphatic rings. The summed E-state index contributed by atoms with van der Waals surface area (Å²) < 4.78 is 1.12. The minimum absolute atomic E-state index is 0. The second-order valence-corrected chi connectivity index (χ2v) is 8.63. The highest BCUT2D eigenvalue weighted by Gasteiger charge is 2.14. The van der Waals surface area contributed by atoms with Crippen molar-refractivity contribution < 1.29 is 16.9 Å². The largest absolute Gasteiger partial charge is 1.00 e. The Bertz CT molecular complexity index is 407. The van der Waals surface area contributed by atoms with Gasteiger partial charge in [0.2, 0.25) is 0 Å². The van der Waals surface area contributed by atoms with Gasteiger partial charge in [0.25, 0.3) is 0 Å². The van der Waals surface area contributed by atoms with Crippen molar-refractivity contribution >= 4 is 23.4 Å². The molecule has 0 bridgehead atoms. The summed E-state index contributed by atoms with van der Waals surface area (Å²) in [6.45, 7) is 3.58. The first-order valence-corrected chi connectivity index (χ1v) is 10.7. The first kappa shape index (κ1) is 24.1. The van der Waals surface area contributed by atoms with Crippen LogP contribution in [0.3, 0.4) is 0 Å². The number of hydrogen-bond acceptors (Lipinski definition) is 1. The van der Waals surface area contributed by atoms with Gasteiger partial charge in [-0.15, -0.1) is 0 Å². The van der Waals surface area contributed by atoms with Crippen molar-refractivity contribution in [3.05, 3.63) is 34.9 Å². The summed E-state index contributed by atoms with van der Waals surface area (Å²) in [5.74, 6) is 2.26. The number of benzene rings is 1. The van der Waals surface area contributed by atoms with Gasteiger partial charge in [-0.3, -0.25) is 0 Å². The van der Waals surface area contributed by atoms with Crippen molar-refractivity contribution in [2.45, 2.75) is 64.0 Å². The van der Waals surface area contributed by atoms with E-state index in [0.29, 0.717) is 0 Å². The van der Waals surface area contributed by atoms with E-state index in [-0.39, 0.29) is 12.4 Å². The molecule has 0 aromatic heterocycles. The number of nitrogens with zero attached hydrogens (tertiary/aromatic N) is 1. The minimum Gasteiger partial charge on any atom is -1.00 e. The topological polar surface area (TPSA) is 0 Å². The van der Waals surface area contributed by atoms with Crippen LogP contribution in [0.15, 0.2) is 24.3 Å². The third-order valence-corrected chi connectivity index (χ3v) is 5.91. The first-order valence-electron chi connectivity index (χ1n) is 9.18. The molecule has 0 heterocycles. The zero-order valence-electron chi connectivity index (χ0n) is 15.7. The van der Waals surface area contributed by atoms with E-state index in [1.165, 1.54) is 69.4 Å². The summed E-state index contributed by atoms with van der Waals surface area (Å²) in [5.41, 5.74) is 1.37. The lowest BCUT2D eigenvalue weighted by Crippen LogP contribution is -3.00. The molecule has 0 N–H and O–H groups in total. The van der Waals surface area contributed by atoms with Crippen molar-refractivity contribution in [3.8, 4) is 0 Å². The SMILES string of the molecule is CCCCCCCCCC[N+](C)(C)CSCc1ccc(Cl)cc1.[Cl-]. The maximum atomic E-state index is 5.93. The van der Waals surface area contributed by atoms with E-state index in [9.17, 15) is 0 Å². The molecule has 1 rings (SSSR count). The van der Waals surface area contributed by atoms with Crippen LogP contribution in [0.5, 0.6) is 0 Å². The van der Waals surface area contributed by atoms with Gasteiger partial charge in [-0.2, -0.15) is 0 Å². The number of unbranched alkanes of at least 4 members (excludes halogenated alkanes) is 7. The summed E-state index contributed by atoms with van der Waals surface area (Å²) in [6.07, 6.45) is 11.2. The van der Waals surface area contributed by atoms with Gasteiger partial charge in [-0.1, -0.05) is 80.9 Å². The molecule has 0 fully saturated rings. The molecule has 1 aromatic rings. The van der Waals surface area contributed by atoms with Gasteiger partial charge in [0.15, 0.2) is 0 Å². The molecular formula is C20H35Cl2NS. The Labute approximate surface area is 165 Å². The van der Waals surface area contributed by atoms with E-state index in [2.05, 4.69) is 33.2 Å². The maximum Gasteiger partial charge on any atom is 0.125 e. The summed E-state index contributed by atoms with van der Waals surface area (Å²) in [7, 11) is 4.71. The third-order valence-electron chi connectivity index (χ3n) is 4.24.